The van der Waals surface area contributed by atoms with E-state index >= 15 is 0 Å². The van der Waals surface area contributed by atoms with Crippen LogP contribution in [0.15, 0.2) is 21.9 Å². The Hall–Kier alpha value is -1.66. The fraction of sp³-hybridized carbons (Fsp3) is 0.500. The molecular weight excluding hydrogens is 300 g/mol. The summed E-state index contributed by atoms with van der Waals surface area (Å²) in [5.74, 6) is 1.33. The monoisotopic (exact) mass is 322 g/mol. The van der Waals surface area contributed by atoms with E-state index in [2.05, 4.69) is 10.3 Å². The summed E-state index contributed by atoms with van der Waals surface area (Å²) in [5.41, 5.74) is 0.311. The van der Waals surface area contributed by atoms with Crippen LogP contribution in [-0.2, 0) is 0 Å². The average molecular weight is 322 g/mol. The molecule has 1 amide bonds. The number of carbonyl (C=O) groups excluding carboxylic acids is 1. The number of thiazole rings is 1. The Kier molecular flexibility index (Phi) is 5.37. The predicted octanol–water partition coefficient (Wildman–Crippen LogP) is 3.24. The second-order valence-corrected chi connectivity index (χ2v) is 6.99. The second kappa shape index (κ2) is 7.07. The summed E-state index contributed by atoms with van der Waals surface area (Å²) in [7, 11) is 0. The number of furan rings is 1. The van der Waals surface area contributed by atoms with Crippen molar-refractivity contribution in [3.8, 4) is 10.8 Å². The molecular formula is C16H22N2O3S. The molecule has 0 unspecified atom stereocenters. The lowest BCUT2D eigenvalue weighted by molar-refractivity contribution is 0.0944. The van der Waals surface area contributed by atoms with E-state index in [-0.39, 0.29) is 17.9 Å². The van der Waals surface area contributed by atoms with Gasteiger partial charge in [0.2, 0.25) is 0 Å². The van der Waals surface area contributed by atoms with Gasteiger partial charge in [-0.1, -0.05) is 13.8 Å². The predicted molar refractivity (Wildman–Crippen MR) is 87.0 cm³/mol. The number of rotatable bonds is 7. The third kappa shape index (κ3) is 4.42. The van der Waals surface area contributed by atoms with Crippen LogP contribution in [0.25, 0.3) is 10.8 Å². The van der Waals surface area contributed by atoms with Crippen LogP contribution in [0.2, 0.25) is 0 Å². The van der Waals surface area contributed by atoms with Crippen molar-refractivity contribution in [3.63, 3.8) is 0 Å². The van der Waals surface area contributed by atoms with Crippen LogP contribution < -0.4 is 5.32 Å². The summed E-state index contributed by atoms with van der Waals surface area (Å²) < 4.78 is 5.50. The molecule has 0 aliphatic carbocycles. The lowest BCUT2D eigenvalue weighted by atomic mass is 9.89. The van der Waals surface area contributed by atoms with Gasteiger partial charge >= 0.3 is 0 Å². The van der Waals surface area contributed by atoms with E-state index in [1.54, 1.807) is 5.38 Å². The molecule has 0 spiro atoms. The van der Waals surface area contributed by atoms with Gasteiger partial charge in [0.05, 0.1) is 0 Å². The van der Waals surface area contributed by atoms with Crippen molar-refractivity contribution < 1.29 is 14.3 Å². The van der Waals surface area contributed by atoms with Crippen LogP contribution in [-0.4, -0.2) is 29.1 Å². The zero-order chi connectivity index (χ0) is 16.2. The van der Waals surface area contributed by atoms with Crippen LogP contribution in [0, 0.1) is 12.3 Å². The number of nitrogens with one attached hydrogen (secondary N) is 1. The number of amides is 1. The van der Waals surface area contributed by atoms with Gasteiger partial charge in [0, 0.05) is 18.5 Å². The summed E-state index contributed by atoms with van der Waals surface area (Å²) in [6, 6.07) is 3.73. The molecule has 22 heavy (non-hydrogen) atoms. The van der Waals surface area contributed by atoms with Gasteiger partial charge in [0.15, 0.2) is 10.8 Å². The molecule has 2 aromatic rings. The summed E-state index contributed by atoms with van der Waals surface area (Å²) in [6.07, 6.45) is 1.69. The molecule has 0 aromatic carbocycles. The Morgan fingerprint density at radius 3 is 2.86 bits per heavy atom. The van der Waals surface area contributed by atoms with Gasteiger partial charge in [0.1, 0.15) is 11.5 Å². The topological polar surface area (TPSA) is 75.4 Å². The van der Waals surface area contributed by atoms with Crippen molar-refractivity contribution in [2.75, 3.05) is 13.2 Å². The first kappa shape index (κ1) is 16.7. The number of hydrogen-bond donors (Lipinski definition) is 2. The lowest BCUT2D eigenvalue weighted by Gasteiger charge is -2.21. The molecule has 0 atom stereocenters. The van der Waals surface area contributed by atoms with E-state index < -0.39 is 0 Å². The Morgan fingerprint density at radius 2 is 2.23 bits per heavy atom. The van der Waals surface area contributed by atoms with Crippen LogP contribution in [0.3, 0.4) is 0 Å². The van der Waals surface area contributed by atoms with Gasteiger partial charge in [-0.3, -0.25) is 4.79 Å². The van der Waals surface area contributed by atoms with E-state index in [1.807, 2.05) is 32.9 Å². The molecule has 0 saturated carbocycles. The zero-order valence-electron chi connectivity index (χ0n) is 13.2. The maximum atomic E-state index is 12.0. The van der Waals surface area contributed by atoms with Crippen molar-refractivity contribution in [1.82, 2.24) is 10.3 Å². The Morgan fingerprint density at radius 1 is 1.45 bits per heavy atom. The number of carbonyl (C=O) groups is 1. The van der Waals surface area contributed by atoms with Crippen LogP contribution in [0.1, 0.15) is 42.9 Å². The number of aliphatic hydroxyl groups is 1. The number of aromatic nitrogens is 1. The number of hydrogen-bond acceptors (Lipinski definition) is 5. The summed E-state index contributed by atoms with van der Waals surface area (Å²) in [4.78, 5) is 16.4. The van der Waals surface area contributed by atoms with E-state index in [0.29, 0.717) is 23.0 Å². The first-order chi connectivity index (χ1) is 10.4. The van der Waals surface area contributed by atoms with Gasteiger partial charge in [-0.2, -0.15) is 0 Å². The molecule has 0 bridgehead atoms. The van der Waals surface area contributed by atoms with E-state index in [0.717, 1.165) is 18.6 Å². The minimum Gasteiger partial charge on any atom is -0.459 e. The fourth-order valence-corrected chi connectivity index (χ4v) is 2.74. The quantitative estimate of drug-likeness (QED) is 0.767. The van der Waals surface area contributed by atoms with Gasteiger partial charge in [-0.15, -0.1) is 11.3 Å². The SMILES string of the molecule is Cc1ccc(-c2nc(C(=O)NCCCC(C)(C)CO)cs2)o1. The van der Waals surface area contributed by atoms with Crippen molar-refractivity contribution in [3.05, 3.63) is 29.0 Å². The van der Waals surface area contributed by atoms with Gasteiger partial charge in [-0.05, 0) is 37.3 Å². The average Bonchev–Trinajstić information content (AvgIpc) is 3.12. The van der Waals surface area contributed by atoms with Crippen LogP contribution >= 0.6 is 11.3 Å². The molecule has 2 heterocycles. The molecule has 120 valence electrons. The van der Waals surface area contributed by atoms with E-state index in [9.17, 15) is 9.90 Å². The maximum absolute atomic E-state index is 12.0. The molecule has 0 saturated heterocycles. The molecule has 2 aromatic heterocycles. The third-order valence-corrected chi connectivity index (χ3v) is 4.29. The summed E-state index contributed by atoms with van der Waals surface area (Å²) >= 11 is 1.39. The highest BCUT2D eigenvalue weighted by molar-refractivity contribution is 7.13. The molecule has 0 aliphatic rings. The normalized spacial score (nSPS) is 11.6. The highest BCUT2D eigenvalue weighted by Crippen LogP contribution is 2.25. The van der Waals surface area contributed by atoms with Gasteiger partial charge < -0.3 is 14.8 Å². The Labute approximate surface area is 134 Å². The highest BCUT2D eigenvalue weighted by atomic mass is 32.1. The van der Waals surface area contributed by atoms with E-state index in [4.69, 9.17) is 4.42 Å². The van der Waals surface area contributed by atoms with Crippen molar-refractivity contribution in [2.24, 2.45) is 5.41 Å². The molecule has 5 nitrogen and oxygen atoms in total. The van der Waals surface area contributed by atoms with Crippen LogP contribution in [0.4, 0.5) is 0 Å². The van der Waals surface area contributed by atoms with E-state index in [1.165, 1.54) is 11.3 Å². The Balaban J connectivity index is 1.85. The highest BCUT2D eigenvalue weighted by Gasteiger charge is 2.17. The zero-order valence-corrected chi connectivity index (χ0v) is 14.0. The Bertz CT molecular complexity index is 631. The largest absolute Gasteiger partial charge is 0.459 e. The molecule has 0 aliphatic heterocycles. The first-order valence-corrected chi connectivity index (χ1v) is 8.21. The lowest BCUT2D eigenvalue weighted by Crippen LogP contribution is -2.26. The number of aryl methyl sites for hydroxylation is 1. The summed E-state index contributed by atoms with van der Waals surface area (Å²) in [5, 5.41) is 14.5. The van der Waals surface area contributed by atoms with Gasteiger partial charge in [-0.25, -0.2) is 4.98 Å². The molecule has 0 fully saturated rings. The first-order valence-electron chi connectivity index (χ1n) is 7.33. The molecule has 6 heteroatoms. The minimum absolute atomic E-state index is 0.102. The van der Waals surface area contributed by atoms with Crippen molar-refractivity contribution in [2.45, 2.75) is 33.6 Å². The molecule has 2 rings (SSSR count). The number of nitrogens with zero attached hydrogens (tertiary/aromatic N) is 1. The minimum atomic E-state index is -0.174. The second-order valence-electron chi connectivity index (χ2n) is 6.13. The number of aliphatic hydroxyl groups excluding tert-OH is 1. The van der Waals surface area contributed by atoms with Crippen molar-refractivity contribution in [1.29, 1.82) is 0 Å². The van der Waals surface area contributed by atoms with Gasteiger partial charge in [0.25, 0.3) is 5.91 Å². The fourth-order valence-electron chi connectivity index (χ4n) is 1.98. The smallest absolute Gasteiger partial charge is 0.270 e. The van der Waals surface area contributed by atoms with Crippen molar-refractivity contribution >= 4 is 17.2 Å². The summed E-state index contributed by atoms with van der Waals surface area (Å²) in [6.45, 7) is 6.62. The molecule has 0 radical (unpaired) electrons. The van der Waals surface area contributed by atoms with Crippen LogP contribution in [0.5, 0.6) is 0 Å². The maximum Gasteiger partial charge on any atom is 0.270 e. The molecule has 2 N–H and O–H groups in total. The third-order valence-electron chi connectivity index (χ3n) is 3.43. The standard InChI is InChI=1S/C16H22N2O3S/c1-11-5-6-13(21-11)15-18-12(9-22-15)14(20)17-8-4-7-16(2,3)10-19/h5-6,9,19H,4,7-8,10H2,1-3H3,(H,17,20).